The number of nitrogens with one attached hydrogen (secondary N) is 2. The van der Waals surface area contributed by atoms with Crippen molar-refractivity contribution in [2.24, 2.45) is 5.10 Å². The number of halogens is 4. The molecule has 0 saturated heterocycles. The molecule has 41 heavy (non-hydrogen) atoms. The van der Waals surface area contributed by atoms with Crippen molar-refractivity contribution >= 4 is 84.1 Å². The molecule has 0 bridgehead atoms. The lowest BCUT2D eigenvalue weighted by Crippen LogP contribution is -2.19. The van der Waals surface area contributed by atoms with E-state index in [0.717, 1.165) is 28.5 Å². The van der Waals surface area contributed by atoms with Gasteiger partial charge in [-0.15, -0.1) is 0 Å². The Bertz CT molecular complexity index is 1820. The van der Waals surface area contributed by atoms with Crippen molar-refractivity contribution in [1.29, 1.82) is 0 Å². The van der Waals surface area contributed by atoms with E-state index in [-0.39, 0.29) is 5.75 Å². The number of hydrazone groups is 1. The number of aromatic amines is 1. The minimum absolute atomic E-state index is 0.237. The summed E-state index contributed by atoms with van der Waals surface area (Å²) < 4.78 is 6.91. The lowest BCUT2D eigenvalue weighted by atomic mass is 9.99. The van der Waals surface area contributed by atoms with E-state index in [1.54, 1.807) is 42.5 Å². The number of hydrogen-bond donors (Lipinski definition) is 2. The monoisotopic (exact) mass is 711 g/mol. The first-order valence-electron chi connectivity index (χ1n) is 12.5. The second-order valence-corrected chi connectivity index (χ2v) is 11.6. The molecule has 206 valence electrons. The van der Waals surface area contributed by atoms with Gasteiger partial charge >= 0.3 is 5.97 Å². The fourth-order valence-corrected chi connectivity index (χ4v) is 6.12. The van der Waals surface area contributed by atoms with Crippen LogP contribution in [0, 0.1) is 0 Å². The van der Waals surface area contributed by atoms with Gasteiger partial charge in [-0.3, -0.25) is 4.79 Å². The third-order valence-corrected chi connectivity index (χ3v) is 7.98. The van der Waals surface area contributed by atoms with Crippen LogP contribution in [0.4, 0.5) is 0 Å². The van der Waals surface area contributed by atoms with Gasteiger partial charge in [-0.05, 0) is 70.4 Å². The zero-order chi connectivity index (χ0) is 29.1. The van der Waals surface area contributed by atoms with Crippen LogP contribution in [0.25, 0.3) is 22.0 Å². The Hall–Kier alpha value is -3.43. The van der Waals surface area contributed by atoms with Crippen molar-refractivity contribution in [2.75, 3.05) is 0 Å². The van der Waals surface area contributed by atoms with E-state index in [0.29, 0.717) is 41.4 Å². The summed E-state index contributed by atoms with van der Waals surface area (Å²) in [7, 11) is 0. The van der Waals surface area contributed by atoms with Crippen molar-refractivity contribution in [3.63, 3.8) is 0 Å². The number of carbonyl (C=O) groups excluding carboxylic acids is 2. The summed E-state index contributed by atoms with van der Waals surface area (Å²) in [6.45, 7) is 2.06. The first-order chi connectivity index (χ1) is 19.8. The van der Waals surface area contributed by atoms with Gasteiger partial charge in [0.05, 0.1) is 16.3 Å². The quantitative estimate of drug-likeness (QED) is 0.0764. The van der Waals surface area contributed by atoms with Gasteiger partial charge in [0, 0.05) is 42.1 Å². The van der Waals surface area contributed by atoms with E-state index >= 15 is 0 Å². The SMILES string of the molecule is CCc1cccc2c(-c3ccccc3Cl)c(C(=O)NN=Cc3cc(Br)cc(Br)c3OC(=O)c3ccc(Cl)cc3)[nH]c12. The molecule has 0 aliphatic rings. The van der Waals surface area contributed by atoms with Crippen molar-refractivity contribution in [1.82, 2.24) is 10.4 Å². The normalized spacial score (nSPS) is 11.2. The second-order valence-electron chi connectivity index (χ2n) is 8.95. The lowest BCUT2D eigenvalue weighted by molar-refractivity contribution is 0.0733. The summed E-state index contributed by atoms with van der Waals surface area (Å²) in [5, 5.41) is 6.12. The molecule has 0 unspecified atom stereocenters. The standard InChI is InChI=1S/C31H21Br2Cl2N3O3/c1-2-17-6-5-8-23-26(22-7-3-4-9-25(22)35)28(37-27(17)23)30(39)38-36-16-19-14-20(32)15-24(33)29(19)41-31(40)18-10-12-21(34)13-11-18/h3-16,37H,2H2,1H3,(H,38,39). The summed E-state index contributed by atoms with van der Waals surface area (Å²) in [5.74, 6) is -0.790. The molecule has 6 nitrogen and oxygen atoms in total. The third-order valence-electron chi connectivity index (χ3n) is 6.35. The number of carbonyl (C=O) groups is 2. The Kier molecular flexibility index (Phi) is 8.94. The van der Waals surface area contributed by atoms with Gasteiger partial charge < -0.3 is 9.72 Å². The average molecular weight is 714 g/mol. The van der Waals surface area contributed by atoms with Gasteiger partial charge in [0.15, 0.2) is 5.75 Å². The molecule has 0 saturated carbocycles. The fraction of sp³-hybridized carbons (Fsp3) is 0.0645. The Morgan fingerprint density at radius 3 is 2.49 bits per heavy atom. The topological polar surface area (TPSA) is 83.5 Å². The van der Waals surface area contributed by atoms with Crippen LogP contribution in [0.2, 0.25) is 10.0 Å². The lowest BCUT2D eigenvalue weighted by Gasteiger charge is -2.11. The van der Waals surface area contributed by atoms with Crippen molar-refractivity contribution in [3.05, 3.63) is 120 Å². The molecule has 1 amide bonds. The Labute approximate surface area is 263 Å². The van der Waals surface area contributed by atoms with Gasteiger partial charge in [0.1, 0.15) is 5.69 Å². The molecule has 10 heteroatoms. The molecular formula is C31H21Br2Cl2N3O3. The number of H-pyrrole nitrogens is 1. The molecule has 0 spiro atoms. The Balaban J connectivity index is 1.47. The van der Waals surface area contributed by atoms with E-state index in [9.17, 15) is 9.59 Å². The maximum Gasteiger partial charge on any atom is 0.343 e. The van der Waals surface area contributed by atoms with E-state index in [2.05, 4.69) is 54.3 Å². The Morgan fingerprint density at radius 2 is 1.76 bits per heavy atom. The third kappa shape index (κ3) is 6.26. The van der Waals surface area contributed by atoms with Crippen LogP contribution >= 0.6 is 55.1 Å². The number of esters is 1. The van der Waals surface area contributed by atoms with E-state index < -0.39 is 11.9 Å². The molecule has 0 atom stereocenters. The van der Waals surface area contributed by atoms with Crippen molar-refractivity contribution in [2.45, 2.75) is 13.3 Å². The summed E-state index contributed by atoms with van der Waals surface area (Å²) >= 11 is 19.4. The minimum Gasteiger partial charge on any atom is -0.421 e. The maximum atomic E-state index is 13.5. The van der Waals surface area contributed by atoms with Crippen molar-refractivity contribution < 1.29 is 14.3 Å². The first-order valence-corrected chi connectivity index (χ1v) is 14.8. The number of nitrogens with zero attached hydrogens (tertiary/aromatic N) is 1. The molecule has 0 aliphatic heterocycles. The number of aromatic nitrogens is 1. The fourth-order valence-electron chi connectivity index (χ4n) is 4.42. The van der Waals surface area contributed by atoms with Crippen LogP contribution in [0.15, 0.2) is 92.9 Å². The van der Waals surface area contributed by atoms with Crippen LogP contribution in [0.5, 0.6) is 5.75 Å². The van der Waals surface area contributed by atoms with Gasteiger partial charge in [0.25, 0.3) is 5.91 Å². The minimum atomic E-state index is -0.572. The molecule has 1 heterocycles. The molecule has 0 aliphatic carbocycles. The molecule has 4 aromatic carbocycles. The summed E-state index contributed by atoms with van der Waals surface area (Å²) in [4.78, 5) is 29.6. The summed E-state index contributed by atoms with van der Waals surface area (Å²) in [6, 6.07) is 23.2. The summed E-state index contributed by atoms with van der Waals surface area (Å²) in [5.41, 5.74) is 7.08. The molecule has 2 N–H and O–H groups in total. The summed E-state index contributed by atoms with van der Waals surface area (Å²) in [6.07, 6.45) is 2.20. The number of amides is 1. The highest BCUT2D eigenvalue weighted by Crippen LogP contribution is 2.38. The zero-order valence-electron chi connectivity index (χ0n) is 21.5. The molecule has 1 aromatic heterocycles. The number of aryl methyl sites for hydroxylation is 1. The maximum absolute atomic E-state index is 13.5. The molecule has 0 radical (unpaired) electrons. The molecule has 5 aromatic rings. The molecular weight excluding hydrogens is 693 g/mol. The number of hydrogen-bond acceptors (Lipinski definition) is 4. The second kappa shape index (κ2) is 12.6. The predicted molar refractivity (Wildman–Crippen MR) is 171 cm³/mol. The van der Waals surface area contributed by atoms with Crippen LogP contribution in [-0.2, 0) is 6.42 Å². The van der Waals surface area contributed by atoms with E-state index in [4.69, 9.17) is 27.9 Å². The largest absolute Gasteiger partial charge is 0.421 e. The number of rotatable bonds is 7. The van der Waals surface area contributed by atoms with Gasteiger partial charge in [-0.2, -0.15) is 5.10 Å². The van der Waals surface area contributed by atoms with E-state index in [1.165, 1.54) is 6.21 Å². The Morgan fingerprint density at radius 1 is 1.00 bits per heavy atom. The highest BCUT2D eigenvalue weighted by Gasteiger charge is 2.22. The smallest absolute Gasteiger partial charge is 0.343 e. The average Bonchev–Trinajstić information content (AvgIpc) is 3.35. The predicted octanol–water partition coefficient (Wildman–Crippen LogP) is 9.21. The highest BCUT2D eigenvalue weighted by atomic mass is 79.9. The molecule has 0 fully saturated rings. The van der Waals surface area contributed by atoms with Gasteiger partial charge in [-0.1, -0.05) is 82.5 Å². The highest BCUT2D eigenvalue weighted by molar-refractivity contribution is 9.11. The number of ether oxygens (including phenoxy) is 1. The number of para-hydroxylation sites is 1. The van der Waals surface area contributed by atoms with Crippen molar-refractivity contribution in [3.8, 4) is 16.9 Å². The van der Waals surface area contributed by atoms with E-state index in [1.807, 2.05) is 36.4 Å². The first kappa shape index (κ1) is 29.1. The molecule has 5 rings (SSSR count). The number of benzene rings is 4. The van der Waals surface area contributed by atoms with Crippen LogP contribution in [-0.4, -0.2) is 23.1 Å². The van der Waals surface area contributed by atoms with Gasteiger partial charge in [0.2, 0.25) is 0 Å². The van der Waals surface area contributed by atoms with Crippen LogP contribution < -0.4 is 10.2 Å². The number of fused-ring (bicyclic) bond motifs is 1. The van der Waals surface area contributed by atoms with Crippen LogP contribution in [0.3, 0.4) is 0 Å². The van der Waals surface area contributed by atoms with Crippen LogP contribution in [0.1, 0.15) is 38.9 Å². The van der Waals surface area contributed by atoms with Gasteiger partial charge in [-0.25, -0.2) is 10.2 Å². The zero-order valence-corrected chi connectivity index (χ0v) is 26.2.